The lowest BCUT2D eigenvalue weighted by atomic mass is 10.1. The van der Waals surface area contributed by atoms with Gasteiger partial charge in [0.2, 0.25) is 0 Å². The van der Waals surface area contributed by atoms with Crippen molar-refractivity contribution in [3.63, 3.8) is 0 Å². The molecule has 164 valence electrons. The minimum atomic E-state index is -0.664. The second-order valence-corrected chi connectivity index (χ2v) is 8.61. The molecule has 2 aromatic rings. The van der Waals surface area contributed by atoms with Crippen molar-refractivity contribution in [2.75, 3.05) is 37.2 Å². The zero-order valence-corrected chi connectivity index (χ0v) is 19.1. The molecule has 0 radical (unpaired) electrons. The van der Waals surface area contributed by atoms with Crippen LogP contribution >= 0.6 is 13.5 Å². The molecule has 1 atom stereocenters. The second-order valence-electron chi connectivity index (χ2n) is 8.61. The summed E-state index contributed by atoms with van der Waals surface area (Å²) in [5.74, 6) is -0.164. The highest BCUT2D eigenvalue weighted by Crippen LogP contribution is 2.19. The minimum Gasteiger partial charge on any atom is -0.397 e. The van der Waals surface area contributed by atoms with E-state index in [0.717, 1.165) is 26.2 Å². The number of nitrogens with two attached hydrogens (primary N) is 1. The molecule has 1 saturated heterocycles. The molecule has 0 aromatic heterocycles. The van der Waals surface area contributed by atoms with Gasteiger partial charge in [-0.1, -0.05) is 24.3 Å². The van der Waals surface area contributed by atoms with Gasteiger partial charge in [-0.2, -0.15) is 13.5 Å². The van der Waals surface area contributed by atoms with Crippen molar-refractivity contribution >= 4 is 30.8 Å². The van der Waals surface area contributed by atoms with Gasteiger partial charge in [-0.05, 0) is 50.6 Å². The summed E-state index contributed by atoms with van der Waals surface area (Å²) >= 11 is 0. The largest absolute Gasteiger partial charge is 0.397 e. The average Bonchev–Trinajstić information content (AvgIpc) is 2.65. The van der Waals surface area contributed by atoms with Gasteiger partial charge in [-0.25, -0.2) is 0 Å². The third-order valence-electron chi connectivity index (χ3n) is 5.27. The Balaban J connectivity index is 0.00000320. The molecule has 7 heteroatoms. The number of hydrogen-bond donors (Lipinski definition) is 3. The number of aliphatic hydroxyl groups is 1. The van der Waals surface area contributed by atoms with E-state index in [0.29, 0.717) is 29.5 Å². The Morgan fingerprint density at radius 1 is 1.17 bits per heavy atom. The van der Waals surface area contributed by atoms with Crippen LogP contribution in [0.2, 0.25) is 0 Å². The molecule has 0 spiro atoms. The van der Waals surface area contributed by atoms with Crippen molar-refractivity contribution < 1.29 is 9.90 Å². The van der Waals surface area contributed by atoms with Crippen LogP contribution in [0.15, 0.2) is 48.5 Å². The number of nitrogens with one attached hydrogen (secondary N) is 1. The van der Waals surface area contributed by atoms with Crippen molar-refractivity contribution in [2.24, 2.45) is 0 Å². The summed E-state index contributed by atoms with van der Waals surface area (Å²) in [5.41, 5.74) is 8.20. The van der Waals surface area contributed by atoms with Crippen LogP contribution in [0.5, 0.6) is 0 Å². The molecule has 1 aliphatic rings. The van der Waals surface area contributed by atoms with Crippen molar-refractivity contribution in [3.8, 4) is 0 Å². The number of anilines is 2. The molecule has 30 heavy (non-hydrogen) atoms. The van der Waals surface area contributed by atoms with E-state index in [1.54, 1.807) is 12.1 Å². The van der Waals surface area contributed by atoms with Crippen molar-refractivity contribution in [3.05, 3.63) is 59.7 Å². The third-order valence-corrected chi connectivity index (χ3v) is 5.27. The third kappa shape index (κ3) is 6.74. The van der Waals surface area contributed by atoms with Gasteiger partial charge >= 0.3 is 0 Å². The Bertz CT molecular complexity index is 836. The normalized spacial score (nSPS) is 17.9. The van der Waals surface area contributed by atoms with E-state index in [1.807, 2.05) is 50.2 Å². The molecule has 0 aliphatic carbocycles. The number of piperazine rings is 1. The Labute approximate surface area is 186 Å². The molecule has 0 bridgehead atoms. The lowest BCUT2D eigenvalue weighted by Crippen LogP contribution is -2.54. The van der Waals surface area contributed by atoms with Crippen molar-refractivity contribution in [1.82, 2.24) is 9.80 Å². The highest BCUT2D eigenvalue weighted by atomic mass is 32.1. The highest BCUT2D eigenvalue weighted by molar-refractivity contribution is 7.59. The van der Waals surface area contributed by atoms with Crippen LogP contribution in [-0.2, 0) is 6.54 Å². The summed E-state index contributed by atoms with van der Waals surface area (Å²) in [6.45, 7) is 10.3. The molecule has 3 rings (SSSR count). The number of nitrogens with zero attached hydrogens (tertiary/aromatic N) is 2. The molecular weight excluding hydrogens is 396 g/mol. The SMILES string of the molecule is C[C@H]1CN(CC(C)(C)O)CCN1Cc1ccc(C(=O)Nc2ccccc2N)cc1.S. The van der Waals surface area contributed by atoms with Crippen LogP contribution in [0.4, 0.5) is 11.4 Å². The standard InChI is InChI=1S/C23H32N4O2.H2S/c1-17-14-26(16-23(2,3)29)12-13-27(17)15-18-8-10-19(11-9-18)22(28)25-21-7-5-4-6-20(21)24;/h4-11,17,29H,12-16,24H2,1-3H3,(H,25,28);1H2/t17-;/m0./s1. The van der Waals surface area contributed by atoms with Gasteiger partial charge in [0.1, 0.15) is 0 Å². The Morgan fingerprint density at radius 3 is 2.43 bits per heavy atom. The topological polar surface area (TPSA) is 81.8 Å². The summed E-state index contributed by atoms with van der Waals surface area (Å²) < 4.78 is 0. The smallest absolute Gasteiger partial charge is 0.255 e. The minimum absolute atomic E-state index is 0. The summed E-state index contributed by atoms with van der Waals surface area (Å²) in [4.78, 5) is 17.2. The molecule has 6 nitrogen and oxygen atoms in total. The van der Waals surface area contributed by atoms with E-state index < -0.39 is 5.60 Å². The number of β-amino-alcohol motifs (C(OH)–C–C–N with tert-alkyl or cyclic N) is 1. The van der Waals surface area contributed by atoms with E-state index >= 15 is 0 Å². The van der Waals surface area contributed by atoms with E-state index in [-0.39, 0.29) is 19.4 Å². The molecule has 0 saturated carbocycles. The number of hydrogen-bond acceptors (Lipinski definition) is 5. The molecule has 0 unspecified atom stereocenters. The first-order chi connectivity index (χ1) is 13.7. The van der Waals surface area contributed by atoms with Gasteiger partial charge in [-0.15, -0.1) is 0 Å². The number of nitrogen functional groups attached to an aromatic ring is 1. The molecule has 1 amide bonds. The lowest BCUT2D eigenvalue weighted by molar-refractivity contribution is 0.00197. The molecule has 1 heterocycles. The first-order valence-corrected chi connectivity index (χ1v) is 10.1. The van der Waals surface area contributed by atoms with E-state index in [9.17, 15) is 9.90 Å². The van der Waals surface area contributed by atoms with Crippen molar-refractivity contribution in [2.45, 2.75) is 39.0 Å². The van der Waals surface area contributed by atoms with E-state index in [1.165, 1.54) is 5.56 Å². The molecule has 1 fully saturated rings. The zero-order valence-electron chi connectivity index (χ0n) is 18.1. The Kier molecular flexibility index (Phi) is 8.32. The number of para-hydroxylation sites is 2. The zero-order chi connectivity index (χ0) is 21.0. The first kappa shape index (κ1) is 24.2. The maximum absolute atomic E-state index is 12.5. The van der Waals surface area contributed by atoms with Crippen LogP contribution in [-0.4, -0.2) is 58.6 Å². The predicted octanol–water partition coefficient (Wildman–Crippen LogP) is 2.91. The van der Waals surface area contributed by atoms with E-state index in [2.05, 4.69) is 22.0 Å². The monoisotopic (exact) mass is 430 g/mol. The summed E-state index contributed by atoms with van der Waals surface area (Å²) in [7, 11) is 0. The summed E-state index contributed by atoms with van der Waals surface area (Å²) in [5, 5.41) is 12.9. The Hall–Kier alpha value is -2.06. The van der Waals surface area contributed by atoms with Crippen molar-refractivity contribution in [1.29, 1.82) is 0 Å². The van der Waals surface area contributed by atoms with E-state index in [4.69, 9.17) is 5.73 Å². The number of carbonyl (C=O) groups is 1. The summed E-state index contributed by atoms with van der Waals surface area (Å²) in [6.07, 6.45) is 0. The van der Waals surface area contributed by atoms with Gasteiger partial charge < -0.3 is 16.2 Å². The average molecular weight is 431 g/mol. The van der Waals surface area contributed by atoms with Crippen LogP contribution in [0, 0.1) is 0 Å². The van der Waals surface area contributed by atoms with Crippen LogP contribution in [0.3, 0.4) is 0 Å². The van der Waals surface area contributed by atoms with Gasteiger partial charge in [0, 0.05) is 44.3 Å². The maximum atomic E-state index is 12.5. The first-order valence-electron chi connectivity index (χ1n) is 10.1. The van der Waals surface area contributed by atoms with Crippen LogP contribution < -0.4 is 11.1 Å². The molecule has 4 N–H and O–H groups in total. The second kappa shape index (κ2) is 10.3. The number of rotatable bonds is 6. The fourth-order valence-electron chi connectivity index (χ4n) is 3.80. The molecule has 1 aliphatic heterocycles. The fourth-order valence-corrected chi connectivity index (χ4v) is 3.80. The predicted molar refractivity (Wildman–Crippen MR) is 128 cm³/mol. The van der Waals surface area contributed by atoms with Gasteiger partial charge in [0.15, 0.2) is 0 Å². The Morgan fingerprint density at radius 2 is 1.83 bits per heavy atom. The summed E-state index contributed by atoms with van der Waals surface area (Å²) in [6, 6.07) is 15.4. The quantitative estimate of drug-likeness (QED) is 0.614. The van der Waals surface area contributed by atoms with Gasteiger partial charge in [0.05, 0.1) is 17.0 Å². The number of amides is 1. The van der Waals surface area contributed by atoms with Crippen LogP contribution in [0.25, 0.3) is 0 Å². The maximum Gasteiger partial charge on any atom is 0.255 e. The number of carbonyl (C=O) groups excluding carboxylic acids is 1. The molecular formula is C23H34N4O2S. The van der Waals surface area contributed by atoms with Gasteiger partial charge in [0.25, 0.3) is 5.91 Å². The number of benzene rings is 2. The highest BCUT2D eigenvalue weighted by Gasteiger charge is 2.27. The van der Waals surface area contributed by atoms with Crippen LogP contribution in [0.1, 0.15) is 36.7 Å². The van der Waals surface area contributed by atoms with Gasteiger partial charge in [-0.3, -0.25) is 14.6 Å². The fraction of sp³-hybridized carbons (Fsp3) is 0.435. The molecule has 2 aromatic carbocycles. The lowest BCUT2D eigenvalue weighted by Gasteiger charge is -2.41.